The maximum atomic E-state index is 12.9. The number of hydrogen-bond acceptors (Lipinski definition) is 8. The quantitative estimate of drug-likeness (QED) is 0.211. The van der Waals surface area contributed by atoms with Gasteiger partial charge in [0.05, 0.1) is 23.5 Å². The Morgan fingerprint density at radius 1 is 1.08 bits per heavy atom. The zero-order chi connectivity index (χ0) is 27.6. The number of fused-ring (bicyclic) bond motifs is 1. The lowest BCUT2D eigenvalue weighted by atomic mass is 10.1. The van der Waals surface area contributed by atoms with Crippen molar-refractivity contribution in [3.8, 4) is 11.3 Å². The van der Waals surface area contributed by atoms with Crippen LogP contribution in [-0.2, 0) is 27.8 Å². The SMILES string of the molecule is COC(=O)c1sccc1S(=O)(=O)NCc1cccc(CNc2cc(-c3ccccc3C)nc3c(Br)cnn23)c1. The van der Waals surface area contributed by atoms with Crippen molar-refractivity contribution < 1.29 is 17.9 Å². The van der Waals surface area contributed by atoms with Crippen LogP contribution < -0.4 is 10.0 Å². The van der Waals surface area contributed by atoms with E-state index >= 15 is 0 Å². The Kier molecular flexibility index (Phi) is 7.80. The fraction of sp³-hybridized carbons (Fsp3) is 0.148. The first-order valence-electron chi connectivity index (χ1n) is 11.8. The van der Waals surface area contributed by atoms with E-state index in [0.717, 1.165) is 49.6 Å². The maximum absolute atomic E-state index is 12.9. The van der Waals surface area contributed by atoms with Crippen LogP contribution in [0, 0.1) is 6.92 Å². The second kappa shape index (κ2) is 11.3. The van der Waals surface area contributed by atoms with E-state index in [9.17, 15) is 13.2 Å². The minimum Gasteiger partial charge on any atom is -0.465 e. The van der Waals surface area contributed by atoms with Crippen LogP contribution in [0.15, 0.2) is 81.6 Å². The van der Waals surface area contributed by atoms with Crippen LogP contribution in [0.5, 0.6) is 0 Å². The molecular weight excluding hydrogens is 602 g/mol. The maximum Gasteiger partial charge on any atom is 0.349 e. The average Bonchev–Trinajstić information content (AvgIpc) is 3.59. The van der Waals surface area contributed by atoms with E-state index < -0.39 is 16.0 Å². The van der Waals surface area contributed by atoms with Crippen molar-refractivity contribution in [2.45, 2.75) is 24.9 Å². The van der Waals surface area contributed by atoms with Crippen molar-refractivity contribution in [2.75, 3.05) is 12.4 Å². The van der Waals surface area contributed by atoms with Gasteiger partial charge in [0.15, 0.2) is 5.65 Å². The minimum atomic E-state index is -3.90. The lowest BCUT2D eigenvalue weighted by Gasteiger charge is -2.13. The van der Waals surface area contributed by atoms with E-state index in [4.69, 9.17) is 9.72 Å². The Balaban J connectivity index is 1.34. The molecule has 0 bridgehead atoms. The molecule has 0 atom stereocenters. The highest BCUT2D eigenvalue weighted by Gasteiger charge is 2.24. The molecule has 0 aliphatic rings. The molecule has 0 fully saturated rings. The number of nitrogens with zero attached hydrogens (tertiary/aromatic N) is 3. The molecule has 0 unspecified atom stereocenters. The molecule has 200 valence electrons. The summed E-state index contributed by atoms with van der Waals surface area (Å²) < 4.78 is 35.5. The highest BCUT2D eigenvalue weighted by Crippen LogP contribution is 2.28. The molecule has 0 spiro atoms. The number of ether oxygens (including phenoxy) is 1. The average molecular weight is 627 g/mol. The molecule has 0 aliphatic carbocycles. The van der Waals surface area contributed by atoms with Crippen molar-refractivity contribution in [2.24, 2.45) is 0 Å². The second-order valence-electron chi connectivity index (χ2n) is 8.67. The molecule has 3 heterocycles. The summed E-state index contributed by atoms with van der Waals surface area (Å²) in [6.45, 7) is 2.59. The number of aryl methyl sites for hydroxylation is 1. The van der Waals surface area contributed by atoms with Crippen LogP contribution in [0.3, 0.4) is 0 Å². The number of aromatic nitrogens is 3. The fourth-order valence-corrected chi connectivity index (χ4v) is 6.81. The lowest BCUT2D eigenvalue weighted by Crippen LogP contribution is -2.24. The molecule has 5 rings (SSSR count). The van der Waals surface area contributed by atoms with E-state index in [1.165, 1.54) is 13.2 Å². The van der Waals surface area contributed by atoms with Crippen LogP contribution in [0.1, 0.15) is 26.4 Å². The summed E-state index contributed by atoms with van der Waals surface area (Å²) in [5.74, 6) is 0.0846. The predicted molar refractivity (Wildman–Crippen MR) is 154 cm³/mol. The summed E-state index contributed by atoms with van der Waals surface area (Å²) in [6.07, 6.45) is 1.71. The van der Waals surface area contributed by atoms with Gasteiger partial charge in [0, 0.05) is 24.7 Å². The molecule has 39 heavy (non-hydrogen) atoms. The van der Waals surface area contributed by atoms with Crippen molar-refractivity contribution in [1.29, 1.82) is 0 Å². The van der Waals surface area contributed by atoms with Gasteiger partial charge in [0.25, 0.3) is 0 Å². The monoisotopic (exact) mass is 625 g/mol. The van der Waals surface area contributed by atoms with E-state index in [1.807, 2.05) is 61.5 Å². The fourth-order valence-electron chi connectivity index (χ4n) is 4.11. The first kappa shape index (κ1) is 27.0. The molecule has 2 N–H and O–H groups in total. The molecule has 0 amide bonds. The minimum absolute atomic E-state index is 0.0435. The van der Waals surface area contributed by atoms with E-state index in [1.54, 1.807) is 16.1 Å². The number of carbonyl (C=O) groups excluding carboxylic acids is 1. The van der Waals surface area contributed by atoms with Crippen LogP contribution in [0.4, 0.5) is 5.82 Å². The molecule has 2 aromatic carbocycles. The van der Waals surface area contributed by atoms with Gasteiger partial charge in [-0.3, -0.25) is 0 Å². The number of sulfonamides is 1. The zero-order valence-electron chi connectivity index (χ0n) is 21.0. The number of rotatable bonds is 9. The zero-order valence-corrected chi connectivity index (χ0v) is 24.2. The van der Waals surface area contributed by atoms with Gasteiger partial charge in [0.1, 0.15) is 15.6 Å². The van der Waals surface area contributed by atoms with Crippen molar-refractivity contribution in [3.63, 3.8) is 0 Å². The van der Waals surface area contributed by atoms with Crippen LogP contribution in [0.2, 0.25) is 0 Å². The molecule has 0 aliphatic heterocycles. The molecular formula is C27H24BrN5O4S2. The predicted octanol–water partition coefficient (Wildman–Crippen LogP) is 5.41. The Bertz CT molecular complexity index is 1780. The third-order valence-corrected chi connectivity index (χ3v) is 9.10. The number of carbonyl (C=O) groups is 1. The van der Waals surface area contributed by atoms with Crippen LogP contribution in [0.25, 0.3) is 16.9 Å². The highest BCUT2D eigenvalue weighted by molar-refractivity contribution is 9.10. The lowest BCUT2D eigenvalue weighted by molar-refractivity contribution is 0.0602. The Labute approximate surface area is 238 Å². The summed E-state index contributed by atoms with van der Waals surface area (Å²) in [7, 11) is -2.69. The van der Waals surface area contributed by atoms with E-state index in [2.05, 4.69) is 31.1 Å². The third kappa shape index (κ3) is 5.74. The first-order chi connectivity index (χ1) is 18.8. The molecule has 0 radical (unpaired) electrons. The van der Waals surface area contributed by atoms with Gasteiger partial charge >= 0.3 is 5.97 Å². The topological polar surface area (TPSA) is 115 Å². The van der Waals surface area contributed by atoms with Gasteiger partial charge in [0.2, 0.25) is 10.0 Å². The number of anilines is 1. The summed E-state index contributed by atoms with van der Waals surface area (Å²) >= 11 is 4.56. The molecule has 5 aromatic rings. The highest BCUT2D eigenvalue weighted by atomic mass is 79.9. The summed E-state index contributed by atoms with van der Waals surface area (Å²) in [5, 5.41) is 9.44. The van der Waals surface area contributed by atoms with Crippen molar-refractivity contribution >= 4 is 54.7 Å². The Hall–Kier alpha value is -3.58. The standard InChI is InChI=1S/C27H24BrN5O4S2/c1-17-6-3-4-9-20(17)22-13-24(33-26(32-22)21(28)16-30-33)29-14-18-7-5-8-19(12-18)15-31-39(35,36)23-10-11-38-25(23)27(34)37-2/h3-13,16,29,31H,14-15H2,1-2H3. The Morgan fingerprint density at radius 2 is 1.85 bits per heavy atom. The molecule has 0 saturated heterocycles. The van der Waals surface area contributed by atoms with Gasteiger partial charge in [-0.15, -0.1) is 11.3 Å². The summed E-state index contributed by atoms with van der Waals surface area (Å²) in [5.41, 5.74) is 5.40. The number of thiophene rings is 1. The summed E-state index contributed by atoms with van der Waals surface area (Å²) in [4.78, 5) is 16.7. The molecule has 12 heteroatoms. The Morgan fingerprint density at radius 3 is 2.62 bits per heavy atom. The second-order valence-corrected chi connectivity index (χ2v) is 12.2. The molecule has 3 aromatic heterocycles. The van der Waals surface area contributed by atoms with E-state index in [-0.39, 0.29) is 16.3 Å². The number of nitrogens with one attached hydrogen (secondary N) is 2. The van der Waals surface area contributed by atoms with Crippen LogP contribution >= 0.6 is 27.3 Å². The first-order valence-corrected chi connectivity index (χ1v) is 15.0. The largest absolute Gasteiger partial charge is 0.465 e. The number of halogens is 1. The van der Waals surface area contributed by atoms with Crippen LogP contribution in [-0.4, -0.2) is 36.1 Å². The van der Waals surface area contributed by atoms with Crippen molar-refractivity contribution in [1.82, 2.24) is 19.3 Å². The van der Waals surface area contributed by atoms with Gasteiger partial charge in [-0.2, -0.15) is 9.61 Å². The summed E-state index contributed by atoms with van der Waals surface area (Å²) in [6, 6.07) is 19.0. The van der Waals surface area contributed by atoms with Gasteiger partial charge in [-0.25, -0.2) is 22.9 Å². The normalized spacial score (nSPS) is 11.6. The molecule has 0 saturated carbocycles. The smallest absolute Gasteiger partial charge is 0.349 e. The van der Waals surface area contributed by atoms with Gasteiger partial charge in [-0.1, -0.05) is 48.5 Å². The number of hydrogen-bond donors (Lipinski definition) is 2. The van der Waals surface area contributed by atoms with Crippen molar-refractivity contribution in [3.05, 3.63) is 98.3 Å². The van der Waals surface area contributed by atoms with Gasteiger partial charge < -0.3 is 10.1 Å². The number of methoxy groups -OCH3 is 1. The number of esters is 1. The van der Waals surface area contributed by atoms with Gasteiger partial charge in [-0.05, 0) is 51.0 Å². The third-order valence-electron chi connectivity index (χ3n) is 6.07. The van der Waals surface area contributed by atoms with E-state index in [0.29, 0.717) is 12.2 Å². The molecule has 9 nitrogen and oxygen atoms in total. The number of benzene rings is 2.